The standard InChI is InChI=1S/C18H22N4O/c1-4-11-19-18-20-14(3)12-16(21-18)17(23)22(5-2)13-15-9-7-6-8-10-15/h4,6-10,12H,1,5,11,13H2,2-3H3,(H,19,20,21). The van der Waals surface area contributed by atoms with Gasteiger partial charge in [-0.25, -0.2) is 9.97 Å². The van der Waals surface area contributed by atoms with E-state index >= 15 is 0 Å². The second-order valence-electron chi connectivity index (χ2n) is 5.19. The molecule has 2 aromatic rings. The molecule has 0 saturated heterocycles. The zero-order chi connectivity index (χ0) is 16.7. The lowest BCUT2D eigenvalue weighted by Gasteiger charge is -2.21. The number of nitrogens with one attached hydrogen (secondary N) is 1. The molecule has 0 aliphatic heterocycles. The van der Waals surface area contributed by atoms with E-state index in [1.54, 1.807) is 17.0 Å². The quantitative estimate of drug-likeness (QED) is 0.799. The molecule has 0 aliphatic rings. The van der Waals surface area contributed by atoms with Crippen LogP contribution in [0.3, 0.4) is 0 Å². The van der Waals surface area contributed by atoms with Gasteiger partial charge in [-0.1, -0.05) is 36.4 Å². The number of amides is 1. The zero-order valence-electron chi connectivity index (χ0n) is 13.6. The fourth-order valence-electron chi connectivity index (χ4n) is 2.21. The summed E-state index contributed by atoms with van der Waals surface area (Å²) in [6.07, 6.45) is 1.72. The average Bonchev–Trinajstić information content (AvgIpc) is 2.57. The molecule has 1 N–H and O–H groups in total. The molecule has 1 aromatic carbocycles. The van der Waals surface area contributed by atoms with Gasteiger partial charge in [0, 0.05) is 25.3 Å². The average molecular weight is 310 g/mol. The number of benzene rings is 1. The van der Waals surface area contributed by atoms with Crippen molar-refractivity contribution in [1.82, 2.24) is 14.9 Å². The molecule has 1 heterocycles. The Kier molecular flexibility index (Phi) is 5.86. The first-order valence-electron chi connectivity index (χ1n) is 7.67. The maximum atomic E-state index is 12.7. The number of aryl methyl sites for hydroxylation is 1. The topological polar surface area (TPSA) is 58.1 Å². The first kappa shape index (κ1) is 16.7. The summed E-state index contributed by atoms with van der Waals surface area (Å²) in [5.74, 6) is 0.354. The Hall–Kier alpha value is -2.69. The minimum atomic E-state index is -0.0940. The van der Waals surface area contributed by atoms with Crippen LogP contribution >= 0.6 is 0 Å². The molecule has 0 atom stereocenters. The summed E-state index contributed by atoms with van der Waals surface area (Å²) in [6.45, 7) is 9.20. The Labute approximate surface area is 137 Å². The summed E-state index contributed by atoms with van der Waals surface area (Å²) in [5, 5.41) is 3.03. The molecule has 2 rings (SSSR count). The highest BCUT2D eigenvalue weighted by Crippen LogP contribution is 2.11. The summed E-state index contributed by atoms with van der Waals surface area (Å²) < 4.78 is 0. The fourth-order valence-corrected chi connectivity index (χ4v) is 2.21. The van der Waals surface area contributed by atoms with E-state index < -0.39 is 0 Å². The van der Waals surface area contributed by atoms with Gasteiger partial charge in [-0.15, -0.1) is 6.58 Å². The molecule has 0 unspecified atom stereocenters. The molecule has 5 heteroatoms. The molecule has 0 aliphatic carbocycles. The highest BCUT2D eigenvalue weighted by molar-refractivity contribution is 5.92. The van der Waals surface area contributed by atoms with E-state index in [1.807, 2.05) is 44.2 Å². The van der Waals surface area contributed by atoms with Gasteiger partial charge in [-0.05, 0) is 25.5 Å². The van der Waals surface area contributed by atoms with Gasteiger partial charge >= 0.3 is 0 Å². The SMILES string of the molecule is C=CCNc1nc(C)cc(C(=O)N(CC)Cc2ccccc2)n1. The van der Waals surface area contributed by atoms with Crippen molar-refractivity contribution in [1.29, 1.82) is 0 Å². The van der Waals surface area contributed by atoms with Crippen molar-refractivity contribution in [2.45, 2.75) is 20.4 Å². The molecule has 23 heavy (non-hydrogen) atoms. The first-order valence-corrected chi connectivity index (χ1v) is 7.67. The van der Waals surface area contributed by atoms with E-state index in [1.165, 1.54) is 0 Å². The summed E-state index contributed by atoms with van der Waals surface area (Å²) in [6, 6.07) is 11.7. The van der Waals surface area contributed by atoms with E-state index in [0.717, 1.165) is 11.3 Å². The third-order valence-corrected chi connectivity index (χ3v) is 3.36. The number of carbonyl (C=O) groups is 1. The third-order valence-electron chi connectivity index (χ3n) is 3.36. The van der Waals surface area contributed by atoms with Gasteiger partial charge in [0.05, 0.1) is 0 Å². The highest BCUT2D eigenvalue weighted by Gasteiger charge is 2.17. The van der Waals surface area contributed by atoms with E-state index in [-0.39, 0.29) is 5.91 Å². The number of anilines is 1. The van der Waals surface area contributed by atoms with Gasteiger partial charge in [0.2, 0.25) is 5.95 Å². The number of carbonyl (C=O) groups excluding carboxylic acids is 1. The Morgan fingerprint density at radius 2 is 2.04 bits per heavy atom. The predicted octanol–water partition coefficient (Wildman–Crippen LogP) is 3.05. The molecule has 120 valence electrons. The van der Waals surface area contributed by atoms with Crippen molar-refractivity contribution < 1.29 is 4.79 Å². The second kappa shape index (κ2) is 8.08. The minimum absolute atomic E-state index is 0.0940. The van der Waals surface area contributed by atoms with Crippen LogP contribution < -0.4 is 5.32 Å². The molecule has 5 nitrogen and oxygen atoms in total. The number of nitrogens with zero attached hydrogens (tertiary/aromatic N) is 3. The number of hydrogen-bond donors (Lipinski definition) is 1. The number of rotatable bonds is 7. The van der Waals surface area contributed by atoms with Crippen LogP contribution in [0.5, 0.6) is 0 Å². The summed E-state index contributed by atoms with van der Waals surface area (Å²) in [5.41, 5.74) is 2.26. The van der Waals surface area contributed by atoms with Crippen LogP contribution in [-0.2, 0) is 6.54 Å². The Balaban J connectivity index is 2.19. The van der Waals surface area contributed by atoms with E-state index in [0.29, 0.717) is 31.3 Å². The van der Waals surface area contributed by atoms with Crippen molar-refractivity contribution in [3.63, 3.8) is 0 Å². The lowest BCUT2D eigenvalue weighted by atomic mass is 10.2. The lowest BCUT2D eigenvalue weighted by molar-refractivity contribution is 0.0746. The first-order chi connectivity index (χ1) is 11.1. The summed E-state index contributed by atoms with van der Waals surface area (Å²) in [7, 11) is 0. The normalized spacial score (nSPS) is 10.2. The van der Waals surface area contributed by atoms with Crippen LogP contribution in [0.4, 0.5) is 5.95 Å². The van der Waals surface area contributed by atoms with Gasteiger partial charge in [-0.3, -0.25) is 4.79 Å². The van der Waals surface area contributed by atoms with E-state index in [2.05, 4.69) is 21.9 Å². The smallest absolute Gasteiger partial charge is 0.272 e. The summed E-state index contributed by atoms with van der Waals surface area (Å²) in [4.78, 5) is 23.1. The van der Waals surface area contributed by atoms with Crippen molar-refractivity contribution in [3.05, 3.63) is 66.0 Å². The largest absolute Gasteiger partial charge is 0.351 e. The third kappa shape index (κ3) is 4.64. The van der Waals surface area contributed by atoms with Gasteiger partial charge < -0.3 is 10.2 Å². The van der Waals surface area contributed by atoms with Crippen LogP contribution in [-0.4, -0.2) is 33.9 Å². The zero-order valence-corrected chi connectivity index (χ0v) is 13.6. The molecule has 0 bridgehead atoms. The molecule has 0 saturated carbocycles. The van der Waals surface area contributed by atoms with Gasteiger partial charge in [-0.2, -0.15) is 0 Å². The molecule has 1 aromatic heterocycles. The van der Waals surface area contributed by atoms with Crippen molar-refractivity contribution in [3.8, 4) is 0 Å². The van der Waals surface area contributed by atoms with Gasteiger partial charge in [0.1, 0.15) is 5.69 Å². The number of hydrogen-bond acceptors (Lipinski definition) is 4. The van der Waals surface area contributed by atoms with E-state index in [4.69, 9.17) is 0 Å². The Morgan fingerprint density at radius 1 is 1.30 bits per heavy atom. The molecule has 0 fully saturated rings. The van der Waals surface area contributed by atoms with Crippen molar-refractivity contribution in [2.24, 2.45) is 0 Å². The maximum absolute atomic E-state index is 12.7. The highest BCUT2D eigenvalue weighted by atomic mass is 16.2. The molecular weight excluding hydrogens is 288 g/mol. The van der Waals surface area contributed by atoms with Gasteiger partial charge in [0.25, 0.3) is 5.91 Å². The van der Waals surface area contributed by atoms with Crippen LogP contribution in [0.1, 0.15) is 28.7 Å². The minimum Gasteiger partial charge on any atom is -0.351 e. The molecule has 0 radical (unpaired) electrons. The maximum Gasteiger partial charge on any atom is 0.272 e. The molecule has 0 spiro atoms. The number of aromatic nitrogens is 2. The van der Waals surface area contributed by atoms with Crippen LogP contribution in [0.15, 0.2) is 49.1 Å². The summed E-state index contributed by atoms with van der Waals surface area (Å²) >= 11 is 0. The molecular formula is C18H22N4O. The van der Waals surface area contributed by atoms with Crippen molar-refractivity contribution in [2.75, 3.05) is 18.4 Å². The second-order valence-corrected chi connectivity index (χ2v) is 5.19. The predicted molar refractivity (Wildman–Crippen MR) is 92.3 cm³/mol. The monoisotopic (exact) mass is 310 g/mol. The van der Waals surface area contributed by atoms with Crippen LogP contribution in [0.25, 0.3) is 0 Å². The lowest BCUT2D eigenvalue weighted by Crippen LogP contribution is -2.31. The Morgan fingerprint density at radius 3 is 2.70 bits per heavy atom. The van der Waals surface area contributed by atoms with Crippen LogP contribution in [0, 0.1) is 6.92 Å². The van der Waals surface area contributed by atoms with Gasteiger partial charge in [0.15, 0.2) is 0 Å². The van der Waals surface area contributed by atoms with Crippen molar-refractivity contribution >= 4 is 11.9 Å². The molecule has 1 amide bonds. The van der Waals surface area contributed by atoms with E-state index in [9.17, 15) is 4.79 Å². The van der Waals surface area contributed by atoms with Crippen LogP contribution in [0.2, 0.25) is 0 Å². The Bertz CT molecular complexity index is 670. The fraction of sp³-hybridized carbons (Fsp3) is 0.278.